The second-order valence-electron chi connectivity index (χ2n) is 13.1. The molecule has 2 aliphatic rings. The maximum atomic E-state index is 14.7. The minimum atomic E-state index is -5.91. The number of alkyl halides is 6. The number of ether oxygens (including phenoxy) is 4. The summed E-state index contributed by atoms with van der Waals surface area (Å²) in [6.07, 6.45) is 2.35. The molecule has 3 aromatic rings. The Labute approximate surface area is 293 Å². The third-order valence-corrected chi connectivity index (χ3v) is 10.6. The number of hydrogen-bond acceptors (Lipinski definition) is 7. The standard InChI is InChI=1S/C35H38F7NO5S2/c1-20-24(28-30(36)34(39,40)35(41,42)33(28,37)38)19-26(49-20)25-18-22(13-16-47-27-8-6-7-15-46-27)29(50-25)21-9-11-23(12-10-21)45-17-14-43(5)31(44)48-32(2,3)4/h9-12,18-19,27H,6-8,13-17H2,1-5H3. The van der Waals surface area contributed by atoms with Crippen molar-refractivity contribution in [2.45, 2.75) is 83.0 Å². The fraction of sp³-hybridized carbons (Fsp3) is 0.514. The first-order valence-corrected chi connectivity index (χ1v) is 17.7. The van der Waals surface area contributed by atoms with Crippen molar-refractivity contribution in [3.8, 4) is 25.9 Å². The van der Waals surface area contributed by atoms with E-state index in [1.807, 2.05) is 12.1 Å². The molecule has 1 fully saturated rings. The number of likely N-dealkylation sites (N-methyl/N-ethyl adjacent to an activating group) is 1. The molecule has 0 spiro atoms. The molecule has 1 saturated heterocycles. The molecular weight excluding hydrogens is 712 g/mol. The first-order chi connectivity index (χ1) is 23.3. The highest BCUT2D eigenvalue weighted by Gasteiger charge is 2.81. The molecule has 1 atom stereocenters. The molecule has 50 heavy (non-hydrogen) atoms. The summed E-state index contributed by atoms with van der Waals surface area (Å²) < 4.78 is 123. The van der Waals surface area contributed by atoms with Crippen LogP contribution < -0.4 is 4.74 Å². The number of nitrogens with zero attached hydrogens (tertiary/aromatic N) is 1. The zero-order chi connectivity index (χ0) is 36.6. The van der Waals surface area contributed by atoms with Gasteiger partial charge in [-0.3, -0.25) is 0 Å². The van der Waals surface area contributed by atoms with Gasteiger partial charge in [0.1, 0.15) is 18.0 Å². The van der Waals surface area contributed by atoms with Gasteiger partial charge >= 0.3 is 23.9 Å². The molecule has 0 bridgehead atoms. The summed E-state index contributed by atoms with van der Waals surface area (Å²) in [5.74, 6) is -19.3. The summed E-state index contributed by atoms with van der Waals surface area (Å²) >= 11 is 2.20. The van der Waals surface area contributed by atoms with E-state index < -0.39 is 46.4 Å². The third kappa shape index (κ3) is 7.70. The van der Waals surface area contributed by atoms with E-state index >= 15 is 0 Å². The minimum absolute atomic E-state index is 0.00794. The van der Waals surface area contributed by atoms with Gasteiger partial charge in [0.25, 0.3) is 0 Å². The first-order valence-electron chi connectivity index (χ1n) is 16.0. The van der Waals surface area contributed by atoms with Gasteiger partial charge in [-0.1, -0.05) is 0 Å². The molecule has 274 valence electrons. The van der Waals surface area contributed by atoms with Crippen LogP contribution in [-0.2, 0) is 20.6 Å². The highest BCUT2D eigenvalue weighted by molar-refractivity contribution is 7.24. The smallest absolute Gasteiger partial charge is 0.410 e. The van der Waals surface area contributed by atoms with Crippen LogP contribution in [0.5, 0.6) is 5.75 Å². The predicted octanol–water partition coefficient (Wildman–Crippen LogP) is 10.4. The lowest BCUT2D eigenvalue weighted by Gasteiger charge is -2.24. The summed E-state index contributed by atoms with van der Waals surface area (Å²) in [4.78, 5) is 15.3. The van der Waals surface area contributed by atoms with Crippen molar-refractivity contribution in [1.29, 1.82) is 0 Å². The van der Waals surface area contributed by atoms with Crippen LogP contribution in [0, 0.1) is 6.92 Å². The van der Waals surface area contributed by atoms with Crippen LogP contribution in [-0.4, -0.2) is 74.1 Å². The Morgan fingerprint density at radius 1 is 0.980 bits per heavy atom. The quantitative estimate of drug-likeness (QED) is 0.183. The predicted molar refractivity (Wildman–Crippen MR) is 178 cm³/mol. The zero-order valence-corrected chi connectivity index (χ0v) is 29.8. The molecule has 1 aliphatic carbocycles. The number of rotatable bonds is 11. The summed E-state index contributed by atoms with van der Waals surface area (Å²) in [7, 11) is 1.61. The van der Waals surface area contributed by atoms with Gasteiger partial charge in [0.05, 0.1) is 18.7 Å². The molecule has 1 amide bonds. The second kappa shape index (κ2) is 14.5. The molecule has 6 nitrogen and oxygen atoms in total. The van der Waals surface area contributed by atoms with Crippen molar-refractivity contribution >= 4 is 34.3 Å². The van der Waals surface area contributed by atoms with E-state index in [2.05, 4.69) is 0 Å². The Bertz CT molecular complexity index is 1710. The number of amides is 1. The van der Waals surface area contributed by atoms with Gasteiger partial charge in [0.2, 0.25) is 0 Å². The lowest BCUT2D eigenvalue weighted by atomic mass is 10.0. The van der Waals surface area contributed by atoms with Gasteiger partial charge in [0, 0.05) is 38.7 Å². The van der Waals surface area contributed by atoms with Gasteiger partial charge in [-0.15, -0.1) is 22.7 Å². The highest BCUT2D eigenvalue weighted by atomic mass is 32.1. The average Bonchev–Trinajstić information content (AvgIpc) is 3.66. The Kier molecular flexibility index (Phi) is 11.0. The summed E-state index contributed by atoms with van der Waals surface area (Å²) in [6.45, 7) is 8.04. The highest BCUT2D eigenvalue weighted by Crippen LogP contribution is 2.63. The van der Waals surface area contributed by atoms with Crippen molar-refractivity contribution in [2.24, 2.45) is 0 Å². The molecule has 5 rings (SSSR count). The average molecular weight is 750 g/mol. The molecule has 1 unspecified atom stereocenters. The minimum Gasteiger partial charge on any atom is -0.492 e. The number of carbonyl (C=O) groups is 1. The number of hydrogen-bond donors (Lipinski definition) is 0. The number of thiophene rings is 2. The van der Waals surface area contributed by atoms with Crippen molar-refractivity contribution in [3.63, 3.8) is 0 Å². The topological polar surface area (TPSA) is 57.2 Å². The SMILES string of the molecule is Cc1sc(-c2cc(CCOC3CCCCO3)c(-c3ccc(OCCN(C)C(=O)OC(C)(C)C)cc3)s2)cc1C1=C(F)C(F)(F)C(F)(F)C1(F)F. The number of benzene rings is 1. The largest absolute Gasteiger partial charge is 0.492 e. The summed E-state index contributed by atoms with van der Waals surface area (Å²) in [6, 6.07) is 10.0. The fourth-order valence-corrected chi connectivity index (χ4v) is 7.80. The molecule has 1 aliphatic heterocycles. The van der Waals surface area contributed by atoms with Gasteiger partial charge < -0.3 is 23.8 Å². The van der Waals surface area contributed by atoms with Crippen LogP contribution in [0.1, 0.15) is 56.0 Å². The molecule has 0 saturated carbocycles. The van der Waals surface area contributed by atoms with Crippen LogP contribution in [0.2, 0.25) is 0 Å². The van der Waals surface area contributed by atoms with Crippen molar-refractivity contribution in [2.75, 3.05) is 33.4 Å². The third-order valence-electron chi connectivity index (χ3n) is 8.17. The molecule has 0 radical (unpaired) electrons. The maximum absolute atomic E-state index is 14.7. The first kappa shape index (κ1) is 38.1. The number of carbonyl (C=O) groups excluding carboxylic acids is 1. The monoisotopic (exact) mass is 749 g/mol. The van der Waals surface area contributed by atoms with E-state index in [-0.39, 0.29) is 24.3 Å². The molecule has 3 heterocycles. The van der Waals surface area contributed by atoms with Gasteiger partial charge in [-0.05, 0) is 101 Å². The Balaban J connectivity index is 1.38. The number of aryl methyl sites for hydroxylation is 1. The molecule has 0 N–H and O–H groups in total. The molecule has 2 aromatic heterocycles. The Morgan fingerprint density at radius 3 is 2.26 bits per heavy atom. The van der Waals surface area contributed by atoms with E-state index in [9.17, 15) is 35.5 Å². The second-order valence-corrected chi connectivity index (χ2v) is 15.5. The summed E-state index contributed by atoms with van der Waals surface area (Å²) in [5, 5.41) is 0. The van der Waals surface area contributed by atoms with Crippen LogP contribution in [0.3, 0.4) is 0 Å². The van der Waals surface area contributed by atoms with E-state index in [4.69, 9.17) is 18.9 Å². The van der Waals surface area contributed by atoms with Gasteiger partial charge in [-0.2, -0.15) is 26.3 Å². The van der Waals surface area contributed by atoms with Crippen molar-refractivity contribution in [1.82, 2.24) is 4.90 Å². The van der Waals surface area contributed by atoms with E-state index in [1.54, 1.807) is 46.0 Å². The van der Waals surface area contributed by atoms with E-state index in [1.165, 1.54) is 23.2 Å². The van der Waals surface area contributed by atoms with Crippen molar-refractivity contribution in [3.05, 3.63) is 58.2 Å². The van der Waals surface area contributed by atoms with E-state index in [0.717, 1.165) is 52.7 Å². The lowest BCUT2D eigenvalue weighted by molar-refractivity contribution is -0.263. The zero-order valence-electron chi connectivity index (χ0n) is 28.1. The molecular formula is C35H38F7NO5S2. The maximum Gasteiger partial charge on any atom is 0.410 e. The fourth-order valence-electron chi connectivity index (χ4n) is 5.48. The van der Waals surface area contributed by atoms with Crippen molar-refractivity contribution < 1.29 is 54.5 Å². The lowest BCUT2D eigenvalue weighted by Crippen LogP contribution is -2.48. The number of halogens is 7. The number of allylic oxidation sites excluding steroid dienone is 2. The Hall–Kier alpha value is -3.14. The van der Waals surface area contributed by atoms with Crippen LogP contribution in [0.4, 0.5) is 35.5 Å². The van der Waals surface area contributed by atoms with Crippen LogP contribution in [0.25, 0.3) is 25.8 Å². The van der Waals surface area contributed by atoms with E-state index in [0.29, 0.717) is 35.1 Å². The van der Waals surface area contributed by atoms with Gasteiger partial charge in [-0.25, -0.2) is 9.18 Å². The van der Waals surface area contributed by atoms with Crippen LogP contribution >= 0.6 is 22.7 Å². The van der Waals surface area contributed by atoms with Crippen LogP contribution in [0.15, 0.2) is 42.2 Å². The summed E-state index contributed by atoms with van der Waals surface area (Å²) in [5.41, 5.74) is -1.68. The normalized spacial score (nSPS) is 19.9. The van der Waals surface area contributed by atoms with Gasteiger partial charge in [0.15, 0.2) is 12.1 Å². The molecule has 1 aromatic carbocycles. The molecule has 15 heteroatoms. The Morgan fingerprint density at radius 2 is 1.66 bits per heavy atom.